The van der Waals surface area contributed by atoms with Gasteiger partial charge in [-0.3, -0.25) is 19.4 Å². The number of thiazole rings is 1. The minimum Gasteiger partial charge on any atom is -0.497 e. The molecule has 0 bridgehead atoms. The van der Waals surface area contributed by atoms with E-state index in [9.17, 15) is 4.79 Å². The van der Waals surface area contributed by atoms with Crippen LogP contribution in [0.4, 0.5) is 5.13 Å². The van der Waals surface area contributed by atoms with Crippen LogP contribution in [0, 0.1) is 0 Å². The number of hydrogen-bond acceptors (Lipinski definition) is 6. The van der Waals surface area contributed by atoms with E-state index < -0.39 is 0 Å². The van der Waals surface area contributed by atoms with E-state index in [1.807, 2.05) is 44.2 Å². The number of carbonyl (C=O) groups excluding carboxylic acids is 1. The van der Waals surface area contributed by atoms with Crippen molar-refractivity contribution >= 4 is 32.6 Å². The molecule has 0 fully saturated rings. The lowest BCUT2D eigenvalue weighted by molar-refractivity contribution is 0.0973. The van der Waals surface area contributed by atoms with Gasteiger partial charge in [-0.05, 0) is 49.7 Å². The average Bonchev–Trinajstić information content (AvgIpc) is 3.38. The molecule has 8 heteroatoms. The molecule has 7 nitrogen and oxygen atoms in total. The van der Waals surface area contributed by atoms with E-state index in [4.69, 9.17) is 9.72 Å². The number of rotatable bonds is 6. The van der Waals surface area contributed by atoms with E-state index in [1.54, 1.807) is 41.3 Å². The third kappa shape index (κ3) is 3.84. The molecular formula is C21H21N5O2S. The van der Waals surface area contributed by atoms with Crippen molar-refractivity contribution in [3.05, 3.63) is 66.2 Å². The lowest BCUT2D eigenvalue weighted by Gasteiger charge is -2.21. The predicted molar refractivity (Wildman–Crippen MR) is 114 cm³/mol. The standard InChI is InChI=1S/C21H21N5O2S/c1-14(2)26-18(8-10-23-26)20(27)25(13-15-5-4-9-22-12-15)21-24-17-7-6-16(28-3)11-19(17)29-21/h4-12,14H,13H2,1-3H3. The monoisotopic (exact) mass is 407 g/mol. The summed E-state index contributed by atoms with van der Waals surface area (Å²) < 4.78 is 8.00. The Balaban J connectivity index is 1.78. The Morgan fingerprint density at radius 3 is 2.83 bits per heavy atom. The van der Waals surface area contributed by atoms with Crippen LogP contribution >= 0.6 is 11.3 Å². The molecule has 29 heavy (non-hydrogen) atoms. The predicted octanol–water partition coefficient (Wildman–Crippen LogP) is 4.32. The molecule has 148 valence electrons. The van der Waals surface area contributed by atoms with E-state index in [1.165, 1.54) is 11.3 Å². The van der Waals surface area contributed by atoms with Crippen molar-refractivity contribution < 1.29 is 9.53 Å². The lowest BCUT2D eigenvalue weighted by Crippen LogP contribution is -2.32. The normalized spacial score (nSPS) is 11.2. The maximum atomic E-state index is 13.5. The molecular weight excluding hydrogens is 386 g/mol. The fourth-order valence-electron chi connectivity index (χ4n) is 3.07. The van der Waals surface area contributed by atoms with Crippen LogP contribution in [0.25, 0.3) is 10.2 Å². The Morgan fingerprint density at radius 2 is 2.10 bits per heavy atom. The van der Waals surface area contributed by atoms with Gasteiger partial charge in [0, 0.05) is 24.6 Å². The van der Waals surface area contributed by atoms with Crippen LogP contribution in [0.3, 0.4) is 0 Å². The van der Waals surface area contributed by atoms with Crippen molar-refractivity contribution in [1.29, 1.82) is 0 Å². The molecule has 1 aromatic carbocycles. The molecule has 0 aliphatic carbocycles. The quantitative estimate of drug-likeness (QED) is 0.476. The molecule has 0 saturated heterocycles. The van der Waals surface area contributed by atoms with Crippen LogP contribution < -0.4 is 9.64 Å². The van der Waals surface area contributed by atoms with Gasteiger partial charge in [-0.1, -0.05) is 17.4 Å². The van der Waals surface area contributed by atoms with Gasteiger partial charge in [-0.15, -0.1) is 0 Å². The van der Waals surface area contributed by atoms with Gasteiger partial charge in [-0.25, -0.2) is 4.98 Å². The molecule has 0 aliphatic rings. The first-order valence-corrected chi connectivity index (χ1v) is 10.1. The second-order valence-corrected chi connectivity index (χ2v) is 7.85. The minimum absolute atomic E-state index is 0.0730. The summed E-state index contributed by atoms with van der Waals surface area (Å²) in [6.45, 7) is 4.37. The fourth-order valence-corrected chi connectivity index (χ4v) is 4.06. The average molecular weight is 407 g/mol. The number of ether oxygens (including phenoxy) is 1. The largest absolute Gasteiger partial charge is 0.497 e. The first-order valence-electron chi connectivity index (χ1n) is 9.25. The van der Waals surface area contributed by atoms with Crippen LogP contribution in [0.15, 0.2) is 55.0 Å². The first kappa shape index (κ1) is 19.1. The van der Waals surface area contributed by atoms with Gasteiger partial charge in [0.15, 0.2) is 5.13 Å². The second kappa shape index (κ2) is 8.00. The SMILES string of the molecule is COc1ccc2nc(N(Cc3cccnc3)C(=O)c3ccnn3C(C)C)sc2c1. The Labute approximate surface area is 172 Å². The van der Waals surface area contributed by atoms with E-state index in [-0.39, 0.29) is 11.9 Å². The molecule has 4 aromatic rings. The number of benzene rings is 1. The fraction of sp³-hybridized carbons (Fsp3) is 0.238. The molecule has 0 radical (unpaired) electrons. The molecule has 4 rings (SSSR count). The first-order chi connectivity index (χ1) is 14.1. The van der Waals surface area contributed by atoms with E-state index in [2.05, 4.69) is 10.1 Å². The topological polar surface area (TPSA) is 73.1 Å². The summed E-state index contributed by atoms with van der Waals surface area (Å²) in [5.41, 5.74) is 2.28. The molecule has 0 unspecified atom stereocenters. The lowest BCUT2D eigenvalue weighted by atomic mass is 10.2. The zero-order valence-electron chi connectivity index (χ0n) is 16.4. The number of fused-ring (bicyclic) bond motifs is 1. The summed E-state index contributed by atoms with van der Waals surface area (Å²) >= 11 is 1.46. The van der Waals surface area contributed by atoms with Crippen molar-refractivity contribution in [3.8, 4) is 5.75 Å². The van der Waals surface area contributed by atoms with Crippen molar-refractivity contribution in [2.45, 2.75) is 26.4 Å². The highest BCUT2D eigenvalue weighted by atomic mass is 32.1. The highest BCUT2D eigenvalue weighted by molar-refractivity contribution is 7.22. The smallest absolute Gasteiger partial charge is 0.278 e. The van der Waals surface area contributed by atoms with Gasteiger partial charge in [0.2, 0.25) is 0 Å². The van der Waals surface area contributed by atoms with E-state index in [0.29, 0.717) is 17.4 Å². The summed E-state index contributed by atoms with van der Waals surface area (Å²) in [7, 11) is 1.63. The summed E-state index contributed by atoms with van der Waals surface area (Å²) in [4.78, 5) is 24.1. The number of carbonyl (C=O) groups is 1. The molecule has 0 spiro atoms. The summed E-state index contributed by atoms with van der Waals surface area (Å²) in [6, 6.07) is 11.3. The number of amides is 1. The summed E-state index contributed by atoms with van der Waals surface area (Å²) in [5.74, 6) is 0.613. The van der Waals surface area contributed by atoms with Gasteiger partial charge in [0.05, 0.1) is 23.9 Å². The maximum absolute atomic E-state index is 13.5. The maximum Gasteiger partial charge on any atom is 0.278 e. The van der Waals surface area contributed by atoms with Crippen LogP contribution in [-0.4, -0.2) is 32.8 Å². The molecule has 0 saturated carbocycles. The van der Waals surface area contributed by atoms with Gasteiger partial charge in [0.1, 0.15) is 11.4 Å². The number of nitrogens with zero attached hydrogens (tertiary/aromatic N) is 5. The molecule has 1 amide bonds. The Kier molecular flexibility index (Phi) is 5.26. The van der Waals surface area contributed by atoms with Gasteiger partial charge >= 0.3 is 0 Å². The van der Waals surface area contributed by atoms with Crippen molar-refractivity contribution in [1.82, 2.24) is 19.7 Å². The van der Waals surface area contributed by atoms with Crippen LogP contribution in [0.1, 0.15) is 35.9 Å². The van der Waals surface area contributed by atoms with E-state index >= 15 is 0 Å². The minimum atomic E-state index is -0.147. The van der Waals surface area contributed by atoms with Crippen molar-refractivity contribution in [3.63, 3.8) is 0 Å². The highest BCUT2D eigenvalue weighted by Crippen LogP contribution is 2.33. The van der Waals surface area contributed by atoms with Gasteiger partial charge in [0.25, 0.3) is 5.91 Å². The zero-order chi connectivity index (χ0) is 20.4. The van der Waals surface area contributed by atoms with Gasteiger partial charge in [-0.2, -0.15) is 5.10 Å². The highest BCUT2D eigenvalue weighted by Gasteiger charge is 2.25. The summed E-state index contributed by atoms with van der Waals surface area (Å²) in [5, 5.41) is 4.93. The Morgan fingerprint density at radius 1 is 1.24 bits per heavy atom. The second-order valence-electron chi connectivity index (χ2n) is 6.84. The van der Waals surface area contributed by atoms with E-state index in [0.717, 1.165) is 21.5 Å². The third-order valence-electron chi connectivity index (χ3n) is 4.50. The van der Waals surface area contributed by atoms with Crippen molar-refractivity contribution in [2.24, 2.45) is 0 Å². The molecule has 3 heterocycles. The number of anilines is 1. The third-order valence-corrected chi connectivity index (χ3v) is 5.54. The molecule has 0 N–H and O–H groups in total. The Bertz CT molecular complexity index is 1140. The number of hydrogen-bond donors (Lipinski definition) is 0. The number of methoxy groups -OCH3 is 1. The zero-order valence-corrected chi connectivity index (χ0v) is 17.3. The van der Waals surface area contributed by atoms with Crippen molar-refractivity contribution in [2.75, 3.05) is 12.0 Å². The van der Waals surface area contributed by atoms with Crippen LogP contribution in [-0.2, 0) is 6.54 Å². The van der Waals surface area contributed by atoms with Crippen LogP contribution in [0.2, 0.25) is 0 Å². The molecule has 0 aliphatic heterocycles. The number of pyridine rings is 1. The molecule has 3 aromatic heterocycles. The summed E-state index contributed by atoms with van der Waals surface area (Å²) in [6.07, 6.45) is 5.13. The van der Waals surface area contributed by atoms with Gasteiger partial charge < -0.3 is 4.74 Å². The number of aromatic nitrogens is 4. The Hall–Kier alpha value is -3.26. The van der Waals surface area contributed by atoms with Crippen LogP contribution in [0.5, 0.6) is 5.75 Å². The molecule has 0 atom stereocenters.